The molecule has 0 aromatic heterocycles. The van der Waals surface area contributed by atoms with Crippen LogP contribution in [0.4, 0.5) is 4.79 Å². The van der Waals surface area contributed by atoms with Crippen LogP contribution in [0.3, 0.4) is 0 Å². The third-order valence-electron chi connectivity index (χ3n) is 6.11. The Balaban J connectivity index is 3.74. The number of quaternary nitrogens is 1. The summed E-state index contributed by atoms with van der Waals surface area (Å²) in [5.74, 6) is -1.09. The largest absolute Gasteiger partial charge is 0.544 e. The molecule has 0 rings (SSSR count). The molecule has 6 nitrogen and oxygen atoms in total. The molecule has 0 saturated carbocycles. The topological polar surface area (TPSA) is 78.5 Å². The molecule has 0 saturated heterocycles. The molecule has 0 spiro atoms. The fourth-order valence-corrected chi connectivity index (χ4v) is 4.28. The minimum atomic E-state index is -1.09. The molecule has 0 aliphatic rings. The van der Waals surface area contributed by atoms with Gasteiger partial charge in [-0.05, 0) is 12.8 Å². The monoisotopic (exact) mass is 456 g/mol. The highest BCUT2D eigenvalue weighted by molar-refractivity contribution is 5.67. The molecule has 190 valence electrons. The number of carboxylic acids is 1. The Labute approximate surface area is 198 Å². The second-order valence-corrected chi connectivity index (χ2v) is 10.0. The van der Waals surface area contributed by atoms with E-state index < -0.39 is 12.1 Å². The van der Waals surface area contributed by atoms with Crippen molar-refractivity contribution in [2.45, 2.75) is 122 Å². The predicted octanol–water partition coefficient (Wildman–Crippen LogP) is 5.19. The summed E-state index contributed by atoms with van der Waals surface area (Å²) in [6.45, 7) is 2.65. The zero-order valence-electron chi connectivity index (χ0n) is 21.6. The summed E-state index contributed by atoms with van der Waals surface area (Å²) < 4.78 is 5.70. The number of alkyl carbamates (subject to hydrolysis) is 1. The second-order valence-electron chi connectivity index (χ2n) is 10.0. The van der Waals surface area contributed by atoms with E-state index in [0.29, 0.717) is 6.54 Å². The lowest BCUT2D eigenvalue weighted by molar-refractivity contribution is -0.887. The third kappa shape index (κ3) is 20.6. The molecule has 1 unspecified atom stereocenters. The Hall–Kier alpha value is -1.30. The first-order valence-corrected chi connectivity index (χ1v) is 13.2. The van der Waals surface area contributed by atoms with Gasteiger partial charge in [0, 0.05) is 7.05 Å². The first kappa shape index (κ1) is 30.7. The quantitative estimate of drug-likeness (QED) is 0.180. The molecule has 0 bridgehead atoms. The Morgan fingerprint density at radius 2 is 1.19 bits per heavy atom. The van der Waals surface area contributed by atoms with Gasteiger partial charge >= 0.3 is 6.09 Å². The van der Waals surface area contributed by atoms with E-state index in [-0.39, 0.29) is 17.1 Å². The number of hydrogen-bond acceptors (Lipinski definition) is 4. The Morgan fingerprint density at radius 3 is 1.56 bits per heavy atom. The summed E-state index contributed by atoms with van der Waals surface area (Å²) >= 11 is 0. The van der Waals surface area contributed by atoms with E-state index in [1.54, 1.807) is 0 Å². The summed E-state index contributed by atoms with van der Waals surface area (Å²) in [5.41, 5.74) is 0. The molecule has 1 atom stereocenters. The number of nitrogens with zero attached hydrogens (tertiary/aromatic N) is 1. The van der Waals surface area contributed by atoms with Crippen molar-refractivity contribution in [1.29, 1.82) is 0 Å². The fourth-order valence-electron chi connectivity index (χ4n) is 4.28. The molecular formula is C26H52N2O4. The zero-order valence-corrected chi connectivity index (χ0v) is 21.6. The van der Waals surface area contributed by atoms with Gasteiger partial charge in [0.2, 0.25) is 0 Å². The average Bonchev–Trinajstić information content (AvgIpc) is 2.71. The van der Waals surface area contributed by atoms with Crippen LogP contribution in [0.1, 0.15) is 116 Å². The summed E-state index contributed by atoms with van der Waals surface area (Å²) in [4.78, 5) is 22.6. The van der Waals surface area contributed by atoms with Crippen LogP contribution in [-0.4, -0.2) is 56.9 Å². The van der Waals surface area contributed by atoms with Gasteiger partial charge in [-0.15, -0.1) is 0 Å². The van der Waals surface area contributed by atoms with Crippen LogP contribution in [-0.2, 0) is 9.53 Å². The zero-order chi connectivity index (χ0) is 24.1. The van der Waals surface area contributed by atoms with Gasteiger partial charge < -0.3 is 24.4 Å². The van der Waals surface area contributed by atoms with Crippen molar-refractivity contribution in [2.75, 3.05) is 34.2 Å². The normalized spacial score (nSPS) is 12.5. The lowest BCUT2D eigenvalue weighted by Gasteiger charge is -2.33. The van der Waals surface area contributed by atoms with Crippen LogP contribution in [0, 0.1) is 0 Å². The van der Waals surface area contributed by atoms with Gasteiger partial charge in [0.15, 0.2) is 6.10 Å². The lowest BCUT2D eigenvalue weighted by atomic mass is 10.0. The summed E-state index contributed by atoms with van der Waals surface area (Å²) in [7, 11) is 5.18. The van der Waals surface area contributed by atoms with Gasteiger partial charge in [-0.1, -0.05) is 103 Å². The molecule has 0 aliphatic heterocycles. The van der Waals surface area contributed by atoms with Gasteiger partial charge in [-0.25, -0.2) is 4.79 Å². The standard InChI is InChI=1S/C26H52N2O4/c1-5-6-7-8-9-10-11-12-13-14-15-16-17-18-19-20-21-24(32-26(31)27-2)22-28(3,4)23-25(29)30/h24H,5-23H2,1-4H3,(H-,27,29,30,31). The minimum absolute atomic E-state index is 0.0907. The van der Waals surface area contributed by atoms with E-state index in [0.717, 1.165) is 19.3 Å². The van der Waals surface area contributed by atoms with Gasteiger partial charge in [0.25, 0.3) is 0 Å². The molecular weight excluding hydrogens is 404 g/mol. The predicted molar refractivity (Wildman–Crippen MR) is 130 cm³/mol. The van der Waals surface area contributed by atoms with Gasteiger partial charge in [-0.2, -0.15) is 0 Å². The molecule has 0 radical (unpaired) electrons. The fraction of sp³-hybridized carbons (Fsp3) is 0.923. The smallest absolute Gasteiger partial charge is 0.407 e. The van der Waals surface area contributed by atoms with E-state index in [1.807, 2.05) is 14.1 Å². The molecule has 32 heavy (non-hydrogen) atoms. The Kier molecular flexibility index (Phi) is 19.5. The van der Waals surface area contributed by atoms with E-state index in [4.69, 9.17) is 4.74 Å². The maximum Gasteiger partial charge on any atom is 0.407 e. The van der Waals surface area contributed by atoms with Crippen LogP contribution in [0.15, 0.2) is 0 Å². The van der Waals surface area contributed by atoms with Crippen molar-refractivity contribution in [2.24, 2.45) is 0 Å². The number of rotatable bonds is 22. The van der Waals surface area contributed by atoms with Crippen LogP contribution in [0.2, 0.25) is 0 Å². The van der Waals surface area contributed by atoms with Crippen LogP contribution >= 0.6 is 0 Å². The molecule has 6 heteroatoms. The molecule has 0 aromatic rings. The minimum Gasteiger partial charge on any atom is -0.544 e. The number of hydrogen-bond donors (Lipinski definition) is 1. The van der Waals surface area contributed by atoms with Gasteiger partial charge in [0.1, 0.15) is 13.1 Å². The molecule has 0 aromatic carbocycles. The first-order valence-electron chi connectivity index (χ1n) is 13.2. The second kappa shape index (κ2) is 20.3. The maximum atomic E-state index is 11.6. The number of carbonyl (C=O) groups excluding carboxylic acids is 2. The van der Waals surface area contributed by atoms with Crippen molar-refractivity contribution in [1.82, 2.24) is 5.32 Å². The third-order valence-corrected chi connectivity index (χ3v) is 6.11. The number of carbonyl (C=O) groups is 2. The van der Waals surface area contributed by atoms with E-state index in [2.05, 4.69) is 12.2 Å². The van der Waals surface area contributed by atoms with E-state index in [1.165, 1.54) is 96.9 Å². The lowest BCUT2D eigenvalue weighted by Crippen LogP contribution is -2.52. The van der Waals surface area contributed by atoms with Crippen LogP contribution in [0.5, 0.6) is 0 Å². The highest BCUT2D eigenvalue weighted by Crippen LogP contribution is 2.16. The van der Waals surface area contributed by atoms with Crippen molar-refractivity contribution in [3.05, 3.63) is 0 Å². The molecule has 0 heterocycles. The SMILES string of the molecule is CCCCCCCCCCCCCCCCCCC(C[N+](C)(C)CC(=O)[O-])OC(=O)NC. The number of likely N-dealkylation sites (N-methyl/N-ethyl adjacent to an activating group) is 1. The Bertz CT molecular complexity index is 469. The summed E-state index contributed by atoms with van der Waals surface area (Å²) in [6.07, 6.45) is 21.2. The number of aliphatic carboxylic acids is 1. The highest BCUT2D eigenvalue weighted by atomic mass is 16.6. The van der Waals surface area contributed by atoms with Crippen molar-refractivity contribution >= 4 is 12.1 Å². The number of unbranched alkanes of at least 4 members (excludes halogenated alkanes) is 15. The number of carboxylic acid groups (broad SMARTS) is 1. The molecule has 0 fully saturated rings. The molecule has 1 amide bonds. The number of ether oxygens (including phenoxy) is 1. The number of nitrogens with one attached hydrogen (secondary N) is 1. The van der Waals surface area contributed by atoms with Crippen LogP contribution < -0.4 is 10.4 Å². The van der Waals surface area contributed by atoms with Crippen LogP contribution in [0.25, 0.3) is 0 Å². The molecule has 1 N–H and O–H groups in total. The summed E-state index contributed by atoms with van der Waals surface area (Å²) in [5, 5.41) is 13.4. The highest BCUT2D eigenvalue weighted by Gasteiger charge is 2.25. The van der Waals surface area contributed by atoms with Crippen molar-refractivity contribution in [3.63, 3.8) is 0 Å². The first-order chi connectivity index (χ1) is 15.3. The van der Waals surface area contributed by atoms with Gasteiger partial charge in [0.05, 0.1) is 20.1 Å². The average molecular weight is 457 g/mol. The Morgan fingerprint density at radius 1 is 0.781 bits per heavy atom. The maximum absolute atomic E-state index is 11.6. The van der Waals surface area contributed by atoms with E-state index in [9.17, 15) is 14.7 Å². The van der Waals surface area contributed by atoms with E-state index >= 15 is 0 Å². The number of amides is 1. The molecule has 0 aliphatic carbocycles. The summed E-state index contributed by atoms with van der Waals surface area (Å²) in [6, 6.07) is 0. The van der Waals surface area contributed by atoms with Crippen molar-refractivity contribution in [3.8, 4) is 0 Å². The van der Waals surface area contributed by atoms with Gasteiger partial charge in [-0.3, -0.25) is 0 Å². The van der Waals surface area contributed by atoms with Crippen molar-refractivity contribution < 1.29 is 23.9 Å².